The van der Waals surface area contributed by atoms with Gasteiger partial charge in [0.25, 0.3) is 5.91 Å². The number of nitrogens with zero attached hydrogens (tertiary/aromatic N) is 3. The Morgan fingerprint density at radius 2 is 1.79 bits per heavy atom. The van der Waals surface area contributed by atoms with Gasteiger partial charge in [-0.05, 0) is 45.5 Å². The zero-order valence-electron chi connectivity index (χ0n) is 12.6. The van der Waals surface area contributed by atoms with Crippen molar-refractivity contribution in [3.63, 3.8) is 0 Å². The summed E-state index contributed by atoms with van der Waals surface area (Å²) in [7, 11) is 0. The normalized spacial score (nSPS) is 10.7. The first-order chi connectivity index (χ1) is 11.8. The number of aromatic nitrogens is 4. The van der Waals surface area contributed by atoms with Crippen molar-refractivity contribution in [1.82, 2.24) is 20.6 Å². The minimum atomic E-state index is -0.159. The maximum absolute atomic E-state index is 12.5. The van der Waals surface area contributed by atoms with Crippen LogP contribution in [0.5, 0.6) is 0 Å². The van der Waals surface area contributed by atoms with Crippen LogP contribution >= 0.6 is 0 Å². The van der Waals surface area contributed by atoms with Gasteiger partial charge < -0.3 is 5.32 Å². The molecule has 0 radical (unpaired) electrons. The van der Waals surface area contributed by atoms with E-state index in [1.165, 1.54) is 0 Å². The van der Waals surface area contributed by atoms with Gasteiger partial charge in [0.2, 0.25) is 0 Å². The van der Waals surface area contributed by atoms with Crippen LogP contribution in [0.3, 0.4) is 0 Å². The van der Waals surface area contributed by atoms with Gasteiger partial charge >= 0.3 is 0 Å². The van der Waals surface area contributed by atoms with Crippen molar-refractivity contribution in [2.24, 2.45) is 0 Å². The van der Waals surface area contributed by atoms with E-state index in [-0.39, 0.29) is 5.91 Å². The van der Waals surface area contributed by atoms with E-state index >= 15 is 0 Å². The van der Waals surface area contributed by atoms with Crippen LogP contribution in [0, 0.1) is 0 Å². The Morgan fingerprint density at radius 3 is 2.62 bits per heavy atom. The molecule has 0 fully saturated rings. The predicted octanol–water partition coefficient (Wildman–Crippen LogP) is 3.27. The standard InChI is InChI=1S/C18H13N5O/c24-18(15-9-8-12-4-1-2-5-13(12)10-15)19-16-7-3-6-14(11-16)17-20-22-23-21-17/h1-11H,(H,19,24)(H,20,21,22,23). The van der Waals surface area contributed by atoms with Gasteiger partial charge in [0.05, 0.1) is 0 Å². The summed E-state index contributed by atoms with van der Waals surface area (Å²) >= 11 is 0. The molecule has 2 N–H and O–H groups in total. The van der Waals surface area contributed by atoms with Crippen molar-refractivity contribution in [2.45, 2.75) is 0 Å². The summed E-state index contributed by atoms with van der Waals surface area (Å²) in [6.45, 7) is 0. The third-order valence-electron chi connectivity index (χ3n) is 3.75. The van der Waals surface area contributed by atoms with Crippen molar-refractivity contribution in [2.75, 3.05) is 5.32 Å². The van der Waals surface area contributed by atoms with Crippen LogP contribution in [0.4, 0.5) is 5.69 Å². The number of H-pyrrole nitrogens is 1. The van der Waals surface area contributed by atoms with Crippen molar-refractivity contribution < 1.29 is 4.79 Å². The molecule has 6 nitrogen and oxygen atoms in total. The van der Waals surface area contributed by atoms with Crippen molar-refractivity contribution >= 4 is 22.4 Å². The number of hydrogen-bond acceptors (Lipinski definition) is 4. The summed E-state index contributed by atoms with van der Waals surface area (Å²) in [6, 6.07) is 21.0. The van der Waals surface area contributed by atoms with E-state index in [0.717, 1.165) is 16.3 Å². The molecule has 0 aliphatic rings. The highest BCUT2D eigenvalue weighted by Crippen LogP contribution is 2.20. The highest BCUT2D eigenvalue weighted by molar-refractivity contribution is 6.06. The fourth-order valence-corrected chi connectivity index (χ4v) is 2.56. The Hall–Kier alpha value is -3.54. The maximum Gasteiger partial charge on any atom is 0.255 e. The molecule has 3 aromatic carbocycles. The molecule has 4 aromatic rings. The summed E-state index contributed by atoms with van der Waals surface area (Å²) in [5.74, 6) is 0.394. The lowest BCUT2D eigenvalue weighted by atomic mass is 10.1. The fourth-order valence-electron chi connectivity index (χ4n) is 2.56. The molecule has 4 rings (SSSR count). The second-order valence-corrected chi connectivity index (χ2v) is 5.35. The molecule has 0 aliphatic heterocycles. The number of tetrazole rings is 1. The molecule has 0 saturated carbocycles. The molecular formula is C18H13N5O. The molecule has 0 unspecified atom stereocenters. The lowest BCUT2D eigenvalue weighted by Crippen LogP contribution is -2.11. The van der Waals surface area contributed by atoms with E-state index in [2.05, 4.69) is 25.9 Å². The molecule has 0 atom stereocenters. The van der Waals surface area contributed by atoms with Crippen LogP contribution in [-0.4, -0.2) is 26.5 Å². The summed E-state index contributed by atoms with van der Waals surface area (Å²) in [5.41, 5.74) is 2.10. The van der Waals surface area contributed by atoms with Crippen molar-refractivity contribution in [1.29, 1.82) is 0 Å². The lowest BCUT2D eigenvalue weighted by molar-refractivity contribution is 0.102. The number of aromatic amines is 1. The largest absolute Gasteiger partial charge is 0.322 e. The fraction of sp³-hybridized carbons (Fsp3) is 0. The minimum absolute atomic E-state index is 0.159. The number of anilines is 1. The Labute approximate surface area is 137 Å². The number of benzene rings is 3. The quantitative estimate of drug-likeness (QED) is 0.608. The number of carbonyl (C=O) groups excluding carboxylic acids is 1. The molecule has 0 spiro atoms. The second kappa shape index (κ2) is 5.92. The molecule has 6 heteroatoms. The second-order valence-electron chi connectivity index (χ2n) is 5.35. The van der Waals surface area contributed by atoms with Gasteiger partial charge in [-0.25, -0.2) is 5.10 Å². The van der Waals surface area contributed by atoms with Crippen molar-refractivity contribution in [3.05, 3.63) is 72.3 Å². The smallest absolute Gasteiger partial charge is 0.255 e. The van der Waals surface area contributed by atoms with Gasteiger partial charge in [-0.1, -0.05) is 42.5 Å². The molecule has 0 bridgehead atoms. The average Bonchev–Trinajstić information content (AvgIpc) is 3.16. The summed E-state index contributed by atoms with van der Waals surface area (Å²) in [5, 5.41) is 18.7. The molecule has 0 saturated heterocycles. The maximum atomic E-state index is 12.5. The molecular weight excluding hydrogens is 302 g/mol. The Kier molecular flexibility index (Phi) is 3.47. The topological polar surface area (TPSA) is 83.6 Å². The van der Waals surface area contributed by atoms with Gasteiger partial charge in [0, 0.05) is 16.8 Å². The van der Waals surface area contributed by atoms with Gasteiger partial charge in [-0.15, -0.1) is 5.10 Å². The SMILES string of the molecule is O=C(Nc1cccc(-c2nnn[nH]2)c1)c1ccc2ccccc2c1. The molecule has 1 amide bonds. The molecule has 24 heavy (non-hydrogen) atoms. The lowest BCUT2D eigenvalue weighted by Gasteiger charge is -2.07. The van der Waals surface area contributed by atoms with Crippen LogP contribution < -0.4 is 5.32 Å². The number of rotatable bonds is 3. The van der Waals surface area contributed by atoms with Crippen LogP contribution in [0.2, 0.25) is 0 Å². The highest BCUT2D eigenvalue weighted by Gasteiger charge is 2.08. The van der Waals surface area contributed by atoms with Gasteiger partial charge in [-0.3, -0.25) is 4.79 Å². The number of carbonyl (C=O) groups is 1. The summed E-state index contributed by atoms with van der Waals surface area (Å²) < 4.78 is 0. The van der Waals surface area contributed by atoms with Gasteiger partial charge in [-0.2, -0.15) is 0 Å². The average molecular weight is 315 g/mol. The van der Waals surface area contributed by atoms with Gasteiger partial charge in [0.1, 0.15) is 0 Å². The third-order valence-corrected chi connectivity index (χ3v) is 3.75. The number of nitrogens with one attached hydrogen (secondary N) is 2. The first-order valence-electron chi connectivity index (χ1n) is 7.44. The van der Waals surface area contributed by atoms with Crippen LogP contribution in [0.1, 0.15) is 10.4 Å². The monoisotopic (exact) mass is 315 g/mol. The molecule has 1 aromatic heterocycles. The van der Waals surface area contributed by atoms with E-state index in [4.69, 9.17) is 0 Å². The zero-order chi connectivity index (χ0) is 16.4. The highest BCUT2D eigenvalue weighted by atomic mass is 16.1. The van der Waals surface area contributed by atoms with E-state index in [1.54, 1.807) is 0 Å². The van der Waals surface area contributed by atoms with E-state index in [1.807, 2.05) is 66.7 Å². The van der Waals surface area contributed by atoms with Crippen LogP contribution in [0.15, 0.2) is 66.7 Å². The molecule has 116 valence electrons. The first-order valence-corrected chi connectivity index (χ1v) is 7.44. The van der Waals surface area contributed by atoms with E-state index in [9.17, 15) is 4.79 Å². The zero-order valence-corrected chi connectivity index (χ0v) is 12.6. The van der Waals surface area contributed by atoms with E-state index in [0.29, 0.717) is 17.1 Å². The number of amides is 1. The van der Waals surface area contributed by atoms with Gasteiger partial charge in [0.15, 0.2) is 5.82 Å². The first kappa shape index (κ1) is 14.1. The number of hydrogen-bond donors (Lipinski definition) is 2. The van der Waals surface area contributed by atoms with Crippen LogP contribution in [0.25, 0.3) is 22.2 Å². The van der Waals surface area contributed by atoms with E-state index < -0.39 is 0 Å². The van der Waals surface area contributed by atoms with Crippen LogP contribution in [-0.2, 0) is 0 Å². The molecule has 0 aliphatic carbocycles. The Bertz CT molecular complexity index is 1010. The van der Waals surface area contributed by atoms with Crippen molar-refractivity contribution in [3.8, 4) is 11.4 Å². The minimum Gasteiger partial charge on any atom is -0.322 e. The summed E-state index contributed by atoms with van der Waals surface area (Å²) in [6.07, 6.45) is 0. The Morgan fingerprint density at radius 1 is 0.917 bits per heavy atom. The third kappa shape index (κ3) is 2.72. The predicted molar refractivity (Wildman–Crippen MR) is 91.5 cm³/mol. The Balaban J connectivity index is 1.60. The molecule has 1 heterocycles. The number of fused-ring (bicyclic) bond motifs is 1. The summed E-state index contributed by atoms with van der Waals surface area (Å²) in [4.78, 5) is 12.5.